The van der Waals surface area contributed by atoms with Crippen LogP contribution in [0.5, 0.6) is 0 Å². The third-order valence-electron chi connectivity index (χ3n) is 4.27. The third kappa shape index (κ3) is 3.20. The summed E-state index contributed by atoms with van der Waals surface area (Å²) >= 11 is 5.93. The van der Waals surface area contributed by atoms with Crippen LogP contribution in [-0.4, -0.2) is 15.5 Å². The smallest absolute Gasteiger partial charge is 0.282 e. The molecule has 0 unspecified atom stereocenters. The van der Waals surface area contributed by atoms with Crippen LogP contribution in [0.15, 0.2) is 35.1 Å². The van der Waals surface area contributed by atoms with Crippen LogP contribution in [0.25, 0.3) is 11.0 Å². The summed E-state index contributed by atoms with van der Waals surface area (Å²) in [5.41, 5.74) is 2.78. The van der Waals surface area contributed by atoms with E-state index < -0.39 is 17.3 Å². The highest BCUT2D eigenvalue weighted by atomic mass is 35.5. The minimum atomic E-state index is -0.689. The van der Waals surface area contributed by atoms with Gasteiger partial charge in [-0.05, 0) is 62.2 Å². The molecule has 5 nitrogen and oxygen atoms in total. The molecule has 0 bridgehead atoms. The van der Waals surface area contributed by atoms with E-state index in [2.05, 4.69) is 10.3 Å². The van der Waals surface area contributed by atoms with E-state index in [1.165, 1.54) is 16.7 Å². The van der Waals surface area contributed by atoms with Crippen LogP contribution in [0.2, 0.25) is 5.02 Å². The van der Waals surface area contributed by atoms with Crippen molar-refractivity contribution in [1.82, 2.24) is 9.55 Å². The van der Waals surface area contributed by atoms with E-state index in [1.807, 2.05) is 32.9 Å². The number of benzene rings is 2. The molecule has 1 heterocycles. The predicted molar refractivity (Wildman–Crippen MR) is 101 cm³/mol. The molecule has 1 amide bonds. The van der Waals surface area contributed by atoms with Crippen LogP contribution in [0, 0.1) is 19.7 Å². The highest BCUT2D eigenvalue weighted by molar-refractivity contribution is 6.33. The first-order chi connectivity index (χ1) is 12.3. The summed E-state index contributed by atoms with van der Waals surface area (Å²) in [6.07, 6.45) is 0. The lowest BCUT2D eigenvalue weighted by Crippen LogP contribution is -2.31. The molecule has 134 valence electrons. The Bertz CT molecular complexity index is 1090. The Morgan fingerprint density at radius 1 is 1.23 bits per heavy atom. The Hall–Kier alpha value is -2.73. The Labute approximate surface area is 154 Å². The van der Waals surface area contributed by atoms with E-state index in [-0.39, 0.29) is 16.4 Å². The van der Waals surface area contributed by atoms with E-state index >= 15 is 0 Å². The number of carbonyl (C=O) groups excluding carboxylic acids is 1. The van der Waals surface area contributed by atoms with Crippen LogP contribution in [0.1, 0.15) is 28.5 Å². The molecule has 0 spiro atoms. The molecule has 0 saturated heterocycles. The number of carbonyl (C=O) groups is 1. The van der Waals surface area contributed by atoms with Gasteiger partial charge in [-0.15, -0.1) is 0 Å². The van der Waals surface area contributed by atoms with Gasteiger partial charge in [-0.1, -0.05) is 11.6 Å². The summed E-state index contributed by atoms with van der Waals surface area (Å²) in [6.45, 7) is 6.12. The number of hydrogen-bond donors (Lipinski definition) is 1. The lowest BCUT2D eigenvalue weighted by atomic mass is 10.1. The van der Waals surface area contributed by atoms with Crippen LogP contribution in [0.4, 0.5) is 10.1 Å². The summed E-state index contributed by atoms with van der Waals surface area (Å²) in [5, 5.41) is 2.57. The maximum atomic E-state index is 13.2. The van der Waals surface area contributed by atoms with Gasteiger partial charge in [0.05, 0.1) is 21.7 Å². The molecule has 26 heavy (non-hydrogen) atoms. The van der Waals surface area contributed by atoms with Crippen LogP contribution in [0.3, 0.4) is 0 Å². The number of aryl methyl sites for hydroxylation is 3. The zero-order chi connectivity index (χ0) is 19.0. The number of anilines is 1. The average molecular weight is 374 g/mol. The van der Waals surface area contributed by atoms with Crippen LogP contribution < -0.4 is 10.9 Å². The maximum absolute atomic E-state index is 13.2. The van der Waals surface area contributed by atoms with Crippen molar-refractivity contribution in [1.29, 1.82) is 0 Å². The lowest BCUT2D eigenvalue weighted by molar-refractivity contribution is 0.102. The number of aromatic nitrogens is 2. The van der Waals surface area contributed by atoms with Crippen LogP contribution >= 0.6 is 11.6 Å². The van der Waals surface area contributed by atoms with E-state index in [0.717, 1.165) is 17.2 Å². The number of nitrogens with zero attached hydrogens (tertiary/aromatic N) is 2. The van der Waals surface area contributed by atoms with E-state index in [9.17, 15) is 14.0 Å². The van der Waals surface area contributed by atoms with Crippen molar-refractivity contribution in [2.75, 3.05) is 5.32 Å². The van der Waals surface area contributed by atoms with Gasteiger partial charge >= 0.3 is 0 Å². The monoisotopic (exact) mass is 373 g/mol. The van der Waals surface area contributed by atoms with E-state index in [0.29, 0.717) is 17.6 Å². The summed E-state index contributed by atoms with van der Waals surface area (Å²) in [7, 11) is 0. The number of nitrogens with one attached hydrogen (secondary N) is 1. The van der Waals surface area contributed by atoms with Crippen molar-refractivity contribution in [3.05, 3.63) is 68.3 Å². The second-order valence-electron chi connectivity index (χ2n) is 6.01. The largest absolute Gasteiger partial charge is 0.319 e. The molecule has 2 aromatic carbocycles. The fraction of sp³-hybridized carbons (Fsp3) is 0.211. The summed E-state index contributed by atoms with van der Waals surface area (Å²) in [5.74, 6) is -1.21. The minimum absolute atomic E-state index is 0.0430. The zero-order valence-corrected chi connectivity index (χ0v) is 15.3. The number of hydrogen-bond acceptors (Lipinski definition) is 3. The van der Waals surface area contributed by atoms with Gasteiger partial charge < -0.3 is 9.88 Å². The van der Waals surface area contributed by atoms with Gasteiger partial charge in [0, 0.05) is 6.54 Å². The van der Waals surface area contributed by atoms with E-state index in [4.69, 9.17) is 11.6 Å². The molecule has 0 saturated carbocycles. The van der Waals surface area contributed by atoms with Crippen molar-refractivity contribution >= 4 is 34.2 Å². The summed E-state index contributed by atoms with van der Waals surface area (Å²) < 4.78 is 14.7. The van der Waals surface area contributed by atoms with Gasteiger partial charge in [-0.25, -0.2) is 9.37 Å². The quantitative estimate of drug-likeness (QED) is 0.752. The van der Waals surface area contributed by atoms with Gasteiger partial charge in [-0.2, -0.15) is 0 Å². The van der Waals surface area contributed by atoms with Gasteiger partial charge in [-0.3, -0.25) is 9.59 Å². The Kier molecular flexibility index (Phi) is 4.78. The van der Waals surface area contributed by atoms with Gasteiger partial charge in [0.25, 0.3) is 11.5 Å². The number of amides is 1. The molecule has 0 radical (unpaired) electrons. The Morgan fingerprint density at radius 2 is 1.92 bits per heavy atom. The standard InChI is InChI=1S/C19H17ClFN3O2/c1-4-24-16-8-11(3)10(2)7-15(16)22-17(19(24)26)18(25)23-14-6-5-12(21)9-13(14)20/h5-9H,4H2,1-3H3,(H,23,25). The van der Waals surface area contributed by atoms with Crippen molar-refractivity contribution in [3.63, 3.8) is 0 Å². The summed E-state index contributed by atoms with van der Waals surface area (Å²) in [6, 6.07) is 7.33. The van der Waals surface area contributed by atoms with Crippen LogP contribution in [-0.2, 0) is 6.54 Å². The summed E-state index contributed by atoms with van der Waals surface area (Å²) in [4.78, 5) is 29.6. The molecule has 1 N–H and O–H groups in total. The lowest BCUT2D eigenvalue weighted by Gasteiger charge is -2.13. The topological polar surface area (TPSA) is 64.0 Å². The number of rotatable bonds is 3. The average Bonchev–Trinajstić information content (AvgIpc) is 2.58. The SMILES string of the molecule is CCn1c(=O)c(C(=O)Nc2ccc(F)cc2Cl)nc2cc(C)c(C)cc21. The third-order valence-corrected chi connectivity index (χ3v) is 4.59. The second kappa shape index (κ2) is 6.88. The molecule has 0 aliphatic heterocycles. The first-order valence-electron chi connectivity index (χ1n) is 8.10. The predicted octanol–water partition coefficient (Wildman–Crippen LogP) is 4.08. The molecule has 0 fully saturated rings. The Morgan fingerprint density at radius 3 is 2.58 bits per heavy atom. The molecule has 3 rings (SSSR count). The molecule has 3 aromatic rings. The van der Waals surface area contributed by atoms with Gasteiger partial charge in [0.15, 0.2) is 5.69 Å². The first kappa shape index (κ1) is 18.1. The van der Waals surface area contributed by atoms with Crippen molar-refractivity contribution in [2.24, 2.45) is 0 Å². The molecule has 0 aliphatic carbocycles. The molecule has 7 heteroatoms. The molecule has 1 aromatic heterocycles. The highest BCUT2D eigenvalue weighted by Gasteiger charge is 2.18. The molecule has 0 atom stereocenters. The van der Waals surface area contributed by atoms with Crippen molar-refractivity contribution in [3.8, 4) is 0 Å². The maximum Gasteiger partial charge on any atom is 0.282 e. The fourth-order valence-electron chi connectivity index (χ4n) is 2.73. The first-order valence-corrected chi connectivity index (χ1v) is 8.47. The zero-order valence-electron chi connectivity index (χ0n) is 14.6. The van der Waals surface area contributed by atoms with Crippen molar-refractivity contribution in [2.45, 2.75) is 27.3 Å². The van der Waals surface area contributed by atoms with Gasteiger partial charge in [0.1, 0.15) is 5.82 Å². The minimum Gasteiger partial charge on any atom is -0.319 e. The molecular weight excluding hydrogens is 357 g/mol. The number of halogens is 2. The highest BCUT2D eigenvalue weighted by Crippen LogP contribution is 2.23. The normalized spacial score (nSPS) is 11.0. The second-order valence-corrected chi connectivity index (χ2v) is 6.42. The number of fused-ring (bicyclic) bond motifs is 1. The Balaban J connectivity index is 2.12. The van der Waals surface area contributed by atoms with Gasteiger partial charge in [0.2, 0.25) is 0 Å². The molecular formula is C19H17ClFN3O2. The fourth-order valence-corrected chi connectivity index (χ4v) is 2.95. The molecule has 0 aliphatic rings. The van der Waals surface area contributed by atoms with E-state index in [1.54, 1.807) is 0 Å². The van der Waals surface area contributed by atoms with Crippen molar-refractivity contribution < 1.29 is 9.18 Å².